The lowest BCUT2D eigenvalue weighted by Gasteiger charge is -2.11. The molecule has 1 heterocycles. The Morgan fingerprint density at radius 2 is 2.00 bits per heavy atom. The second kappa shape index (κ2) is 2.73. The summed E-state index contributed by atoms with van der Waals surface area (Å²) in [5.41, 5.74) is 0. The van der Waals surface area contributed by atoms with E-state index in [1.807, 2.05) is 0 Å². The van der Waals surface area contributed by atoms with Crippen LogP contribution in [0.1, 0.15) is 0 Å². The fraction of sp³-hybridized carbons (Fsp3) is 0.800. The molecular formula is C5H8BNO. The van der Waals surface area contributed by atoms with Crippen LogP contribution >= 0.6 is 0 Å². The first kappa shape index (κ1) is 5.65. The Labute approximate surface area is 49.5 Å². The van der Waals surface area contributed by atoms with Crippen molar-refractivity contribution < 1.29 is 4.74 Å². The molecule has 0 aliphatic carbocycles. The third-order valence-corrected chi connectivity index (χ3v) is 1.40. The summed E-state index contributed by atoms with van der Waals surface area (Å²) in [6.45, 7) is 1.82. The van der Waals surface area contributed by atoms with Crippen LogP contribution in [-0.2, 0) is 4.74 Å². The number of hydrogen-bond acceptors (Lipinski definition) is 2. The fourth-order valence-electron chi connectivity index (χ4n) is 0.827. The molecule has 1 aliphatic heterocycles. The zero-order valence-electron chi connectivity index (χ0n) is 4.76. The van der Waals surface area contributed by atoms with Gasteiger partial charge in [0.2, 0.25) is 0 Å². The molecule has 1 fully saturated rings. The number of ether oxygens (including phenoxy) is 1. The molecule has 0 unspecified atom stereocenters. The third kappa shape index (κ3) is 1.24. The van der Waals surface area contributed by atoms with Crippen molar-refractivity contribution in [2.24, 2.45) is 0 Å². The van der Waals surface area contributed by atoms with Gasteiger partial charge in [-0.05, 0) is 12.6 Å². The summed E-state index contributed by atoms with van der Waals surface area (Å²) in [5.74, 6) is 2.22. The number of nitriles is 1. The van der Waals surface area contributed by atoms with E-state index in [9.17, 15) is 0 Å². The maximum absolute atomic E-state index is 8.39. The van der Waals surface area contributed by atoms with Gasteiger partial charge in [0.1, 0.15) is 0 Å². The average molecular weight is 109 g/mol. The summed E-state index contributed by atoms with van der Waals surface area (Å²) >= 11 is 0. The molecule has 8 heavy (non-hydrogen) atoms. The first-order chi connectivity index (χ1) is 3.93. The molecule has 0 saturated carbocycles. The van der Waals surface area contributed by atoms with E-state index in [0.717, 1.165) is 25.9 Å². The van der Waals surface area contributed by atoms with Crippen molar-refractivity contribution in [1.82, 2.24) is 0 Å². The lowest BCUT2D eigenvalue weighted by molar-refractivity contribution is 0.151. The van der Waals surface area contributed by atoms with Gasteiger partial charge in [-0.1, -0.05) is 0 Å². The van der Waals surface area contributed by atoms with Gasteiger partial charge in [-0.3, -0.25) is 0 Å². The number of nitrogens with zero attached hydrogens (tertiary/aromatic N) is 1. The van der Waals surface area contributed by atoms with Gasteiger partial charge in [-0.2, -0.15) is 0 Å². The predicted molar refractivity (Wildman–Crippen MR) is 31.8 cm³/mol. The zero-order valence-corrected chi connectivity index (χ0v) is 4.76. The minimum absolute atomic E-state index is 0.267. The molecule has 0 atom stereocenters. The van der Waals surface area contributed by atoms with Crippen molar-refractivity contribution in [3.05, 3.63) is 0 Å². The minimum Gasteiger partial charge on any atom is -0.383 e. The molecule has 0 bridgehead atoms. The summed E-state index contributed by atoms with van der Waals surface area (Å²) in [5, 5.41) is 8.39. The highest BCUT2D eigenvalue weighted by molar-refractivity contribution is 6.67. The average Bonchev–Trinajstić information content (AvgIpc) is 1.90. The van der Waals surface area contributed by atoms with Gasteiger partial charge in [0, 0.05) is 19.2 Å². The first-order valence-electron chi connectivity index (χ1n) is 2.91. The Kier molecular flexibility index (Phi) is 1.93. The maximum atomic E-state index is 8.39. The van der Waals surface area contributed by atoms with Crippen LogP contribution in [0.5, 0.6) is 0 Å². The van der Waals surface area contributed by atoms with Crippen LogP contribution in [0.2, 0.25) is 12.6 Å². The van der Waals surface area contributed by atoms with E-state index < -0.39 is 0 Å². The van der Waals surface area contributed by atoms with Crippen LogP contribution in [-0.4, -0.2) is 19.9 Å². The standard InChI is InChI=1S/C5H8BNO/c7-5-6-1-3-8-4-2-6/h1-4H2. The SMILES string of the molecule is N#CB1CCOCC1. The van der Waals surface area contributed by atoms with Gasteiger partial charge in [0.25, 0.3) is 6.71 Å². The monoisotopic (exact) mass is 109 g/mol. The van der Waals surface area contributed by atoms with Crippen molar-refractivity contribution in [3.8, 4) is 5.97 Å². The minimum atomic E-state index is 0.267. The highest BCUT2D eigenvalue weighted by Gasteiger charge is 2.16. The number of rotatable bonds is 0. The van der Waals surface area contributed by atoms with E-state index in [4.69, 9.17) is 10.00 Å². The first-order valence-corrected chi connectivity index (χ1v) is 2.91. The number of hydrogen-bond donors (Lipinski definition) is 0. The second-order valence-electron chi connectivity index (χ2n) is 2.02. The molecule has 3 heteroatoms. The maximum Gasteiger partial charge on any atom is 0.272 e. The van der Waals surface area contributed by atoms with E-state index >= 15 is 0 Å². The molecule has 0 amide bonds. The zero-order chi connectivity index (χ0) is 5.82. The molecule has 2 nitrogen and oxygen atoms in total. The van der Waals surface area contributed by atoms with Crippen molar-refractivity contribution in [2.75, 3.05) is 13.2 Å². The molecule has 0 aromatic rings. The Morgan fingerprint density at radius 3 is 2.38 bits per heavy atom. The molecule has 0 radical (unpaired) electrons. The Balaban J connectivity index is 2.25. The summed E-state index contributed by atoms with van der Waals surface area (Å²) in [7, 11) is 0. The van der Waals surface area contributed by atoms with Crippen LogP contribution in [0.3, 0.4) is 0 Å². The van der Waals surface area contributed by atoms with Crippen molar-refractivity contribution in [1.29, 1.82) is 5.26 Å². The van der Waals surface area contributed by atoms with Gasteiger partial charge >= 0.3 is 0 Å². The van der Waals surface area contributed by atoms with Gasteiger partial charge in [-0.15, -0.1) is 0 Å². The highest BCUT2D eigenvalue weighted by atomic mass is 16.5. The lowest BCUT2D eigenvalue weighted by atomic mass is 9.46. The topological polar surface area (TPSA) is 33.0 Å². The van der Waals surface area contributed by atoms with Crippen LogP contribution in [0.15, 0.2) is 0 Å². The van der Waals surface area contributed by atoms with Crippen LogP contribution in [0, 0.1) is 11.2 Å². The van der Waals surface area contributed by atoms with Crippen LogP contribution in [0.25, 0.3) is 0 Å². The quantitative estimate of drug-likeness (QED) is 0.426. The van der Waals surface area contributed by atoms with Gasteiger partial charge in [-0.25, -0.2) is 5.26 Å². The summed E-state index contributed by atoms with van der Waals surface area (Å²) in [6.07, 6.45) is 1.85. The van der Waals surface area contributed by atoms with E-state index in [1.54, 1.807) is 0 Å². The van der Waals surface area contributed by atoms with Crippen molar-refractivity contribution in [3.63, 3.8) is 0 Å². The summed E-state index contributed by atoms with van der Waals surface area (Å²) < 4.78 is 5.05. The Bertz CT molecular complexity index is 103. The molecule has 0 spiro atoms. The van der Waals surface area contributed by atoms with Gasteiger partial charge in [0.05, 0.1) is 0 Å². The van der Waals surface area contributed by atoms with E-state index in [0.29, 0.717) is 0 Å². The normalized spacial score (nSPS) is 20.1. The smallest absolute Gasteiger partial charge is 0.272 e. The molecular weight excluding hydrogens is 101 g/mol. The molecule has 42 valence electrons. The van der Waals surface area contributed by atoms with E-state index in [1.165, 1.54) is 0 Å². The predicted octanol–water partition coefficient (Wildman–Crippen LogP) is 0.574. The molecule has 1 rings (SSSR count). The van der Waals surface area contributed by atoms with E-state index in [2.05, 4.69) is 5.97 Å². The highest BCUT2D eigenvalue weighted by Crippen LogP contribution is 2.05. The van der Waals surface area contributed by atoms with E-state index in [-0.39, 0.29) is 6.71 Å². The van der Waals surface area contributed by atoms with Crippen LogP contribution in [0.4, 0.5) is 0 Å². The second-order valence-corrected chi connectivity index (χ2v) is 2.02. The summed E-state index contributed by atoms with van der Waals surface area (Å²) in [4.78, 5) is 0. The Hall–Kier alpha value is -0.485. The lowest BCUT2D eigenvalue weighted by Crippen LogP contribution is -2.21. The van der Waals surface area contributed by atoms with Crippen LogP contribution < -0.4 is 0 Å². The Morgan fingerprint density at radius 1 is 1.38 bits per heavy atom. The van der Waals surface area contributed by atoms with Crippen molar-refractivity contribution >= 4 is 6.71 Å². The fourth-order valence-corrected chi connectivity index (χ4v) is 0.827. The molecule has 0 N–H and O–H groups in total. The molecule has 1 aliphatic rings. The van der Waals surface area contributed by atoms with Gasteiger partial charge in [0.15, 0.2) is 0 Å². The van der Waals surface area contributed by atoms with Gasteiger partial charge < -0.3 is 4.74 Å². The molecule has 1 saturated heterocycles. The van der Waals surface area contributed by atoms with Crippen molar-refractivity contribution in [2.45, 2.75) is 12.6 Å². The third-order valence-electron chi connectivity index (χ3n) is 1.40. The molecule has 0 aromatic heterocycles. The largest absolute Gasteiger partial charge is 0.383 e. The summed E-state index contributed by atoms with van der Waals surface area (Å²) in [6, 6.07) is 0. The molecule has 0 aromatic carbocycles.